The zero-order valence-corrected chi connectivity index (χ0v) is 13.2. The summed E-state index contributed by atoms with van der Waals surface area (Å²) in [7, 11) is -3.62. The van der Waals surface area contributed by atoms with Crippen LogP contribution in [0.25, 0.3) is 10.8 Å². The first-order valence-electron chi connectivity index (χ1n) is 7.20. The fourth-order valence-corrected chi connectivity index (χ4v) is 4.66. The minimum Gasteiger partial charge on any atom is -0.264 e. The molecule has 0 saturated carbocycles. The fraction of sp³-hybridized carbons (Fsp3) is 0.133. The highest BCUT2D eigenvalue weighted by atomic mass is 32.2. The van der Waals surface area contributed by atoms with Crippen molar-refractivity contribution in [2.75, 3.05) is 10.8 Å². The Kier molecular flexibility index (Phi) is 3.07. The molecule has 122 valence electrons. The molecule has 0 N–H and O–H groups in total. The van der Waals surface area contributed by atoms with Crippen molar-refractivity contribution in [1.29, 1.82) is 0 Å². The number of hydrogen-bond donors (Lipinski definition) is 0. The lowest BCUT2D eigenvalue weighted by Crippen LogP contribution is -2.30. The molecule has 1 aliphatic heterocycles. The molecular formula is C15H12N4O4S. The van der Waals surface area contributed by atoms with E-state index in [0.717, 1.165) is 11.6 Å². The smallest absolute Gasteiger partial charge is 0.264 e. The summed E-state index contributed by atoms with van der Waals surface area (Å²) in [6, 6.07) is 10.6. The summed E-state index contributed by atoms with van der Waals surface area (Å²) >= 11 is 0. The van der Waals surface area contributed by atoms with Gasteiger partial charge in [-0.3, -0.25) is 19.1 Å². The Balaban J connectivity index is 1.69. The minimum absolute atomic E-state index is 0.121. The fourth-order valence-electron chi connectivity index (χ4n) is 2.96. The topological polar surface area (TPSA) is 98.3 Å². The van der Waals surface area contributed by atoms with Crippen molar-refractivity contribution < 1.29 is 13.3 Å². The molecule has 0 aliphatic carbocycles. The van der Waals surface area contributed by atoms with Gasteiger partial charge in [0.2, 0.25) is 0 Å². The lowest BCUT2D eigenvalue weighted by Gasteiger charge is -2.18. The Bertz CT molecular complexity index is 1070. The second kappa shape index (κ2) is 5.03. The monoisotopic (exact) mass is 344 g/mol. The number of anilines is 1. The van der Waals surface area contributed by atoms with E-state index >= 15 is 0 Å². The average Bonchev–Trinajstić information content (AvgIpc) is 3.10. The maximum Gasteiger partial charge on any atom is 0.306 e. The first-order valence-corrected chi connectivity index (χ1v) is 8.64. The van der Waals surface area contributed by atoms with E-state index in [4.69, 9.17) is 0 Å². The minimum atomic E-state index is -3.62. The Morgan fingerprint density at radius 1 is 1.12 bits per heavy atom. The molecule has 1 aliphatic rings. The summed E-state index contributed by atoms with van der Waals surface area (Å²) in [4.78, 5) is 10.5. The molecule has 3 aromatic rings. The number of aromatic nitrogens is 2. The van der Waals surface area contributed by atoms with Crippen LogP contribution in [0.4, 0.5) is 11.4 Å². The van der Waals surface area contributed by atoms with E-state index in [2.05, 4.69) is 5.10 Å². The molecule has 8 nitrogen and oxygen atoms in total. The summed E-state index contributed by atoms with van der Waals surface area (Å²) in [5.74, 6) is 0. The molecule has 0 atom stereocenters. The van der Waals surface area contributed by atoms with Gasteiger partial charge in [0.15, 0.2) is 0 Å². The maximum absolute atomic E-state index is 12.8. The number of benzene rings is 2. The summed E-state index contributed by atoms with van der Waals surface area (Å²) in [5, 5.41) is 16.2. The molecule has 0 fully saturated rings. The van der Waals surface area contributed by atoms with E-state index < -0.39 is 14.9 Å². The Hall–Kier alpha value is -2.94. The van der Waals surface area contributed by atoms with Crippen molar-refractivity contribution >= 4 is 32.2 Å². The van der Waals surface area contributed by atoms with E-state index in [1.807, 2.05) is 18.2 Å². The highest BCUT2D eigenvalue weighted by Crippen LogP contribution is 2.41. The van der Waals surface area contributed by atoms with Gasteiger partial charge in [-0.15, -0.1) is 0 Å². The summed E-state index contributed by atoms with van der Waals surface area (Å²) in [5.41, 5.74) is 0.509. The van der Waals surface area contributed by atoms with Gasteiger partial charge in [0, 0.05) is 5.39 Å². The van der Waals surface area contributed by atoms with Crippen LogP contribution >= 0.6 is 0 Å². The lowest BCUT2D eigenvalue weighted by atomic mass is 10.1. The van der Waals surface area contributed by atoms with Gasteiger partial charge < -0.3 is 0 Å². The second-order valence-corrected chi connectivity index (χ2v) is 7.26. The van der Waals surface area contributed by atoms with Crippen molar-refractivity contribution in [2.24, 2.45) is 0 Å². The van der Waals surface area contributed by atoms with Crippen LogP contribution in [0, 0.1) is 10.1 Å². The molecule has 0 unspecified atom stereocenters. The van der Waals surface area contributed by atoms with E-state index in [1.165, 1.54) is 15.2 Å². The molecule has 2 heterocycles. The largest absolute Gasteiger partial charge is 0.306 e. The van der Waals surface area contributed by atoms with Gasteiger partial charge in [-0.2, -0.15) is 5.10 Å². The predicted octanol–water partition coefficient (Wildman–Crippen LogP) is 2.15. The third kappa shape index (κ3) is 2.05. The molecular weight excluding hydrogens is 332 g/mol. The van der Waals surface area contributed by atoms with Gasteiger partial charge in [-0.1, -0.05) is 24.3 Å². The zero-order valence-electron chi connectivity index (χ0n) is 12.4. The Morgan fingerprint density at radius 3 is 2.58 bits per heavy atom. The first kappa shape index (κ1) is 14.6. The van der Waals surface area contributed by atoms with Crippen LogP contribution in [0.1, 0.15) is 0 Å². The van der Waals surface area contributed by atoms with Crippen LogP contribution in [0.5, 0.6) is 0 Å². The molecule has 0 amide bonds. The van der Waals surface area contributed by atoms with Crippen molar-refractivity contribution in [3.05, 3.63) is 58.9 Å². The van der Waals surface area contributed by atoms with Crippen molar-refractivity contribution in [3.63, 3.8) is 0 Å². The maximum atomic E-state index is 12.8. The third-order valence-electron chi connectivity index (χ3n) is 4.04. The Morgan fingerprint density at radius 2 is 1.88 bits per heavy atom. The highest BCUT2D eigenvalue weighted by molar-refractivity contribution is 7.93. The molecule has 4 rings (SSSR count). The van der Waals surface area contributed by atoms with Gasteiger partial charge in [0.05, 0.1) is 28.6 Å². The van der Waals surface area contributed by atoms with Crippen LogP contribution in [-0.2, 0) is 16.6 Å². The van der Waals surface area contributed by atoms with Crippen LogP contribution in [0.3, 0.4) is 0 Å². The average molecular weight is 344 g/mol. The van der Waals surface area contributed by atoms with Crippen molar-refractivity contribution in [2.45, 2.75) is 11.4 Å². The molecule has 24 heavy (non-hydrogen) atoms. The number of nitro groups is 1. The van der Waals surface area contributed by atoms with Gasteiger partial charge >= 0.3 is 5.69 Å². The number of hydrogen-bond acceptors (Lipinski definition) is 5. The molecule has 1 aromatic heterocycles. The van der Waals surface area contributed by atoms with Crippen LogP contribution in [0.2, 0.25) is 0 Å². The summed E-state index contributed by atoms with van der Waals surface area (Å²) in [6.07, 6.45) is 2.43. The number of rotatable bonds is 4. The van der Waals surface area contributed by atoms with Crippen LogP contribution < -0.4 is 4.31 Å². The number of nitrogens with zero attached hydrogens (tertiary/aromatic N) is 4. The van der Waals surface area contributed by atoms with E-state index in [0.29, 0.717) is 16.0 Å². The third-order valence-corrected chi connectivity index (χ3v) is 5.90. The van der Waals surface area contributed by atoms with Crippen LogP contribution in [0.15, 0.2) is 53.7 Å². The summed E-state index contributed by atoms with van der Waals surface area (Å²) in [6.45, 7) is 0.367. The number of sulfonamides is 1. The van der Waals surface area contributed by atoms with Gasteiger partial charge in [-0.25, -0.2) is 8.42 Å². The van der Waals surface area contributed by atoms with Gasteiger partial charge in [0.25, 0.3) is 10.0 Å². The molecule has 0 saturated heterocycles. The normalized spacial score (nSPS) is 15.1. The molecule has 0 bridgehead atoms. The van der Waals surface area contributed by atoms with Crippen molar-refractivity contribution in [3.8, 4) is 0 Å². The lowest BCUT2D eigenvalue weighted by molar-refractivity contribution is -0.385. The van der Waals surface area contributed by atoms with E-state index in [-0.39, 0.29) is 18.8 Å². The van der Waals surface area contributed by atoms with E-state index in [9.17, 15) is 18.5 Å². The molecule has 9 heteroatoms. The zero-order chi connectivity index (χ0) is 16.9. The van der Waals surface area contributed by atoms with Crippen molar-refractivity contribution in [1.82, 2.24) is 9.78 Å². The molecule has 2 aromatic carbocycles. The standard InChI is InChI=1S/C15H12N4O4S/c20-19(21)12-9-16-17(10-12)7-8-18-13-5-1-3-11-4-2-6-14(15(11)13)24(18,22)23/h1-6,9-10H,7-8H2. The molecule has 0 radical (unpaired) electrons. The highest BCUT2D eigenvalue weighted by Gasteiger charge is 2.35. The van der Waals surface area contributed by atoms with Gasteiger partial charge in [0.1, 0.15) is 12.4 Å². The van der Waals surface area contributed by atoms with Gasteiger partial charge in [-0.05, 0) is 17.5 Å². The Labute approximate surface area is 137 Å². The molecule has 0 spiro atoms. The van der Waals surface area contributed by atoms with Crippen LogP contribution in [-0.4, -0.2) is 29.7 Å². The summed E-state index contributed by atoms with van der Waals surface area (Å²) < 4.78 is 28.3. The second-order valence-electron chi connectivity index (χ2n) is 5.43. The quantitative estimate of drug-likeness (QED) is 0.533. The van der Waals surface area contributed by atoms with E-state index in [1.54, 1.807) is 18.2 Å². The predicted molar refractivity (Wildman–Crippen MR) is 87.4 cm³/mol. The first-order chi connectivity index (χ1) is 11.5. The SMILES string of the molecule is O=[N+]([O-])c1cnn(CCN2c3cccc4cccc(c34)S2(=O)=O)c1.